The van der Waals surface area contributed by atoms with E-state index in [0.29, 0.717) is 17.9 Å². The second-order valence-corrected chi connectivity index (χ2v) is 6.87. The van der Waals surface area contributed by atoms with Crippen LogP contribution < -0.4 is 14.6 Å². The first-order valence-electron chi connectivity index (χ1n) is 9.72. The average molecular weight is 403 g/mol. The summed E-state index contributed by atoms with van der Waals surface area (Å²) in [5, 5.41) is 11.0. The van der Waals surface area contributed by atoms with E-state index in [9.17, 15) is 14.7 Å². The molecular formula is C25H23O5-. The summed E-state index contributed by atoms with van der Waals surface area (Å²) in [6.45, 7) is 0.300. The van der Waals surface area contributed by atoms with Crippen LogP contribution in [0, 0.1) is 0 Å². The number of benzene rings is 3. The molecule has 154 valence electrons. The third-order valence-electron chi connectivity index (χ3n) is 4.86. The number of carboxylic acids is 1. The van der Waals surface area contributed by atoms with E-state index in [0.717, 1.165) is 16.9 Å². The van der Waals surface area contributed by atoms with E-state index in [-0.39, 0.29) is 18.6 Å². The smallest absolute Gasteiger partial charge is 0.170 e. The van der Waals surface area contributed by atoms with E-state index < -0.39 is 11.9 Å². The molecule has 0 saturated heterocycles. The van der Waals surface area contributed by atoms with Crippen molar-refractivity contribution in [3.8, 4) is 11.5 Å². The number of hydrogen-bond acceptors (Lipinski definition) is 5. The molecule has 3 aromatic rings. The van der Waals surface area contributed by atoms with Crippen LogP contribution in [0.25, 0.3) is 0 Å². The lowest BCUT2D eigenvalue weighted by Gasteiger charge is -2.17. The quantitative estimate of drug-likeness (QED) is 0.482. The molecule has 0 aromatic heterocycles. The topological polar surface area (TPSA) is 75.7 Å². The van der Waals surface area contributed by atoms with Gasteiger partial charge in [-0.3, -0.25) is 4.79 Å². The molecule has 0 fully saturated rings. The Morgan fingerprint density at radius 2 is 1.67 bits per heavy atom. The molecule has 3 aromatic carbocycles. The van der Waals surface area contributed by atoms with Gasteiger partial charge in [0, 0.05) is 23.0 Å². The molecule has 0 aliphatic heterocycles. The van der Waals surface area contributed by atoms with Gasteiger partial charge in [0.2, 0.25) is 0 Å². The van der Waals surface area contributed by atoms with Gasteiger partial charge in [0.05, 0.1) is 7.11 Å². The average Bonchev–Trinajstić information content (AvgIpc) is 2.78. The zero-order valence-corrected chi connectivity index (χ0v) is 16.7. The first-order chi connectivity index (χ1) is 14.6. The first-order valence-corrected chi connectivity index (χ1v) is 9.72. The zero-order chi connectivity index (χ0) is 21.3. The van der Waals surface area contributed by atoms with Crippen LogP contribution in [0.4, 0.5) is 0 Å². The molecule has 0 saturated carbocycles. The fourth-order valence-electron chi connectivity index (χ4n) is 3.32. The van der Waals surface area contributed by atoms with Crippen LogP contribution in [0.5, 0.6) is 11.5 Å². The Labute approximate surface area is 175 Å². The second kappa shape index (κ2) is 10.3. The molecule has 0 heterocycles. The van der Waals surface area contributed by atoms with Crippen LogP contribution >= 0.6 is 0 Å². The van der Waals surface area contributed by atoms with Gasteiger partial charge < -0.3 is 19.4 Å². The van der Waals surface area contributed by atoms with Crippen molar-refractivity contribution in [3.05, 3.63) is 95.6 Å². The molecule has 0 amide bonds. The maximum atomic E-state index is 13.2. The summed E-state index contributed by atoms with van der Waals surface area (Å²) in [7, 11) is 1.61. The summed E-state index contributed by atoms with van der Waals surface area (Å²) in [4.78, 5) is 24.2. The van der Waals surface area contributed by atoms with E-state index in [1.54, 1.807) is 31.4 Å². The van der Waals surface area contributed by atoms with Crippen LogP contribution in [-0.2, 0) is 11.4 Å². The second-order valence-electron chi connectivity index (χ2n) is 6.87. The standard InChI is InChI=1S/C25H24O5/c1-29-23-13-6-5-10-20(23)17-30-21-12-7-11-19(16-21)25(28)22(14-15-24(26)27)18-8-3-2-4-9-18/h2-13,16,22H,14-15,17H2,1H3,(H,26,27)/p-1. The molecule has 30 heavy (non-hydrogen) atoms. The number of hydrogen-bond donors (Lipinski definition) is 0. The minimum absolute atomic E-state index is 0.148. The number of carboxylic acid groups (broad SMARTS) is 1. The van der Waals surface area contributed by atoms with Crippen molar-refractivity contribution in [2.45, 2.75) is 25.4 Å². The fraction of sp³-hybridized carbons (Fsp3) is 0.200. The van der Waals surface area contributed by atoms with Gasteiger partial charge in [-0.05, 0) is 36.6 Å². The number of carbonyl (C=O) groups excluding carboxylic acids is 2. The number of para-hydroxylation sites is 1. The molecule has 5 nitrogen and oxygen atoms in total. The lowest BCUT2D eigenvalue weighted by atomic mass is 9.87. The molecule has 0 bridgehead atoms. The highest BCUT2D eigenvalue weighted by atomic mass is 16.5. The molecule has 1 unspecified atom stereocenters. The highest BCUT2D eigenvalue weighted by Gasteiger charge is 2.22. The molecule has 3 rings (SSSR count). The lowest BCUT2D eigenvalue weighted by Crippen LogP contribution is -2.24. The highest BCUT2D eigenvalue weighted by Crippen LogP contribution is 2.28. The Kier molecular flexibility index (Phi) is 7.22. The Hall–Kier alpha value is -3.60. The van der Waals surface area contributed by atoms with Crippen molar-refractivity contribution in [1.82, 2.24) is 0 Å². The van der Waals surface area contributed by atoms with E-state index in [4.69, 9.17) is 9.47 Å². The normalized spacial score (nSPS) is 11.5. The van der Waals surface area contributed by atoms with E-state index in [1.807, 2.05) is 54.6 Å². The van der Waals surface area contributed by atoms with Gasteiger partial charge in [0.25, 0.3) is 0 Å². The van der Waals surface area contributed by atoms with E-state index >= 15 is 0 Å². The maximum Gasteiger partial charge on any atom is 0.170 e. The first kappa shape index (κ1) is 21.1. The summed E-state index contributed by atoms with van der Waals surface area (Å²) in [5.41, 5.74) is 2.15. The summed E-state index contributed by atoms with van der Waals surface area (Å²) in [6, 6.07) is 23.7. The lowest BCUT2D eigenvalue weighted by molar-refractivity contribution is -0.305. The number of rotatable bonds is 10. The van der Waals surface area contributed by atoms with Crippen LogP contribution in [0.1, 0.15) is 40.2 Å². The third-order valence-corrected chi connectivity index (χ3v) is 4.86. The van der Waals surface area contributed by atoms with Gasteiger partial charge >= 0.3 is 0 Å². The summed E-state index contributed by atoms with van der Waals surface area (Å²) >= 11 is 0. The Balaban J connectivity index is 1.78. The maximum absolute atomic E-state index is 13.2. The highest BCUT2D eigenvalue weighted by molar-refractivity contribution is 6.01. The van der Waals surface area contributed by atoms with E-state index in [2.05, 4.69) is 0 Å². The SMILES string of the molecule is COc1ccccc1COc1cccc(C(=O)C(CCC(=O)[O-])c2ccccc2)c1. The van der Waals surface area contributed by atoms with Crippen molar-refractivity contribution < 1.29 is 24.2 Å². The molecule has 5 heteroatoms. The number of ether oxygens (including phenoxy) is 2. The number of methoxy groups -OCH3 is 1. The molecule has 0 N–H and O–H groups in total. The van der Waals surface area contributed by atoms with Crippen molar-refractivity contribution in [3.63, 3.8) is 0 Å². The predicted molar refractivity (Wildman–Crippen MR) is 112 cm³/mol. The molecule has 0 radical (unpaired) electrons. The van der Waals surface area contributed by atoms with Crippen LogP contribution in [0.2, 0.25) is 0 Å². The van der Waals surface area contributed by atoms with Gasteiger partial charge in [-0.2, -0.15) is 0 Å². The van der Waals surface area contributed by atoms with Crippen molar-refractivity contribution >= 4 is 11.8 Å². The van der Waals surface area contributed by atoms with Gasteiger partial charge in [-0.15, -0.1) is 0 Å². The molecule has 0 spiro atoms. The van der Waals surface area contributed by atoms with Crippen LogP contribution in [-0.4, -0.2) is 18.9 Å². The van der Waals surface area contributed by atoms with Gasteiger partial charge in [0.15, 0.2) is 5.78 Å². The van der Waals surface area contributed by atoms with Crippen LogP contribution in [0.15, 0.2) is 78.9 Å². The number of Topliss-reactive ketones (excluding diaryl/α,β-unsaturated/α-hetero) is 1. The van der Waals surface area contributed by atoms with Crippen LogP contribution in [0.3, 0.4) is 0 Å². The monoisotopic (exact) mass is 403 g/mol. The summed E-state index contributed by atoms with van der Waals surface area (Å²) < 4.78 is 11.2. The van der Waals surface area contributed by atoms with Gasteiger partial charge in [-0.25, -0.2) is 0 Å². The molecular weight excluding hydrogens is 380 g/mol. The van der Waals surface area contributed by atoms with Crippen molar-refractivity contribution in [2.75, 3.05) is 7.11 Å². The minimum atomic E-state index is -1.17. The number of ketones is 1. The Morgan fingerprint density at radius 1 is 0.933 bits per heavy atom. The summed E-state index contributed by atoms with van der Waals surface area (Å²) in [5.74, 6) is -0.592. The Morgan fingerprint density at radius 3 is 2.40 bits per heavy atom. The molecule has 0 aliphatic rings. The molecule has 0 aliphatic carbocycles. The predicted octanol–water partition coefficient (Wildman–Crippen LogP) is 3.77. The largest absolute Gasteiger partial charge is 0.550 e. The number of aliphatic carboxylic acids is 1. The van der Waals surface area contributed by atoms with Crippen molar-refractivity contribution in [2.24, 2.45) is 0 Å². The van der Waals surface area contributed by atoms with Gasteiger partial charge in [-0.1, -0.05) is 60.7 Å². The van der Waals surface area contributed by atoms with E-state index in [1.165, 1.54) is 0 Å². The van der Waals surface area contributed by atoms with Crippen molar-refractivity contribution in [1.29, 1.82) is 0 Å². The summed E-state index contributed by atoms with van der Waals surface area (Å²) in [6.07, 6.45) is -0.00717. The third kappa shape index (κ3) is 5.47. The zero-order valence-electron chi connectivity index (χ0n) is 16.7. The Bertz CT molecular complexity index is 997. The number of carbonyl (C=O) groups is 2. The fourth-order valence-corrected chi connectivity index (χ4v) is 3.32. The molecule has 1 atom stereocenters. The minimum Gasteiger partial charge on any atom is -0.550 e. The van der Waals surface area contributed by atoms with Gasteiger partial charge in [0.1, 0.15) is 18.1 Å².